The van der Waals surface area contributed by atoms with Crippen molar-refractivity contribution >= 4 is 5.97 Å². The number of likely N-dealkylation sites (tertiary alicyclic amines) is 1. The zero-order chi connectivity index (χ0) is 14.5. The molecule has 110 valence electrons. The van der Waals surface area contributed by atoms with Gasteiger partial charge >= 0.3 is 5.97 Å². The molecule has 4 nitrogen and oxygen atoms in total. The lowest BCUT2D eigenvalue weighted by molar-refractivity contribution is -0.137. The SMILES string of the molecule is COc1ccc(CN2CCC(CCC(=O)O)C2)cc1C. The zero-order valence-electron chi connectivity index (χ0n) is 12.3. The number of methoxy groups -OCH3 is 1. The topological polar surface area (TPSA) is 49.8 Å². The Labute approximate surface area is 120 Å². The van der Waals surface area contributed by atoms with Gasteiger partial charge in [0.1, 0.15) is 5.75 Å². The van der Waals surface area contributed by atoms with Crippen LogP contribution in [0, 0.1) is 12.8 Å². The van der Waals surface area contributed by atoms with Gasteiger partial charge in [-0.15, -0.1) is 0 Å². The van der Waals surface area contributed by atoms with Gasteiger partial charge < -0.3 is 9.84 Å². The first-order valence-corrected chi connectivity index (χ1v) is 7.16. The van der Waals surface area contributed by atoms with E-state index in [0.717, 1.165) is 43.8 Å². The molecular formula is C16H23NO3. The first-order valence-electron chi connectivity index (χ1n) is 7.16. The second-order valence-electron chi connectivity index (χ2n) is 5.63. The first kappa shape index (κ1) is 14.9. The average Bonchev–Trinajstić information content (AvgIpc) is 2.84. The van der Waals surface area contributed by atoms with Crippen molar-refractivity contribution in [2.45, 2.75) is 32.7 Å². The maximum Gasteiger partial charge on any atom is 0.303 e. The van der Waals surface area contributed by atoms with Crippen molar-refractivity contribution in [3.05, 3.63) is 29.3 Å². The highest BCUT2D eigenvalue weighted by atomic mass is 16.5. The van der Waals surface area contributed by atoms with E-state index in [0.29, 0.717) is 12.3 Å². The Bertz CT molecular complexity index is 473. The van der Waals surface area contributed by atoms with Gasteiger partial charge in [-0.2, -0.15) is 0 Å². The zero-order valence-corrected chi connectivity index (χ0v) is 12.3. The second-order valence-corrected chi connectivity index (χ2v) is 5.63. The van der Waals surface area contributed by atoms with Crippen LogP contribution in [-0.2, 0) is 11.3 Å². The Morgan fingerprint density at radius 2 is 2.30 bits per heavy atom. The molecule has 0 radical (unpaired) electrons. The van der Waals surface area contributed by atoms with E-state index in [-0.39, 0.29) is 0 Å². The summed E-state index contributed by atoms with van der Waals surface area (Å²) in [5, 5.41) is 8.73. The minimum absolute atomic E-state index is 0.292. The highest BCUT2D eigenvalue weighted by Gasteiger charge is 2.22. The standard InChI is InChI=1S/C16H23NO3/c1-12-9-14(3-5-15(12)20-2)11-17-8-7-13(10-17)4-6-16(18)19/h3,5,9,13H,4,6-8,10-11H2,1-2H3,(H,18,19). The highest BCUT2D eigenvalue weighted by Crippen LogP contribution is 2.24. The fraction of sp³-hybridized carbons (Fsp3) is 0.562. The van der Waals surface area contributed by atoms with E-state index in [4.69, 9.17) is 9.84 Å². The molecule has 0 amide bonds. The number of rotatable bonds is 6. The minimum atomic E-state index is -0.686. The van der Waals surface area contributed by atoms with Gasteiger partial charge in [0, 0.05) is 19.5 Å². The fourth-order valence-electron chi connectivity index (χ4n) is 2.92. The molecule has 1 N–H and O–H groups in total. The predicted octanol–water partition coefficient (Wildman–Crippen LogP) is 2.69. The molecule has 20 heavy (non-hydrogen) atoms. The molecule has 1 saturated heterocycles. The van der Waals surface area contributed by atoms with Gasteiger partial charge in [-0.3, -0.25) is 9.69 Å². The van der Waals surface area contributed by atoms with Crippen LogP contribution in [0.1, 0.15) is 30.4 Å². The molecule has 1 heterocycles. The van der Waals surface area contributed by atoms with Crippen LogP contribution in [0.2, 0.25) is 0 Å². The van der Waals surface area contributed by atoms with Crippen molar-refractivity contribution in [1.29, 1.82) is 0 Å². The molecule has 0 aromatic heterocycles. The lowest BCUT2D eigenvalue weighted by atomic mass is 10.0. The molecule has 1 aliphatic rings. The van der Waals surface area contributed by atoms with Crippen molar-refractivity contribution in [3.63, 3.8) is 0 Å². The molecule has 4 heteroatoms. The third-order valence-corrected chi connectivity index (χ3v) is 4.00. The van der Waals surface area contributed by atoms with Crippen molar-refractivity contribution in [1.82, 2.24) is 4.90 Å². The number of hydrogen-bond donors (Lipinski definition) is 1. The Balaban J connectivity index is 1.85. The summed E-state index contributed by atoms with van der Waals surface area (Å²) in [4.78, 5) is 13.0. The van der Waals surface area contributed by atoms with E-state index in [1.54, 1.807) is 7.11 Å². The summed E-state index contributed by atoms with van der Waals surface area (Å²) in [5.74, 6) is 0.772. The maximum absolute atomic E-state index is 10.6. The molecule has 1 aromatic carbocycles. The van der Waals surface area contributed by atoms with Gasteiger partial charge in [0.2, 0.25) is 0 Å². The van der Waals surface area contributed by atoms with Crippen LogP contribution < -0.4 is 4.74 Å². The predicted molar refractivity (Wildman–Crippen MR) is 78.0 cm³/mol. The van der Waals surface area contributed by atoms with Crippen LogP contribution in [0.3, 0.4) is 0 Å². The smallest absolute Gasteiger partial charge is 0.303 e. The largest absolute Gasteiger partial charge is 0.496 e. The summed E-state index contributed by atoms with van der Waals surface area (Å²) >= 11 is 0. The summed E-state index contributed by atoms with van der Waals surface area (Å²) in [6.07, 6.45) is 2.20. The Morgan fingerprint density at radius 1 is 1.50 bits per heavy atom. The average molecular weight is 277 g/mol. The Kier molecular flexibility index (Phi) is 5.01. The van der Waals surface area contributed by atoms with E-state index in [1.807, 2.05) is 6.07 Å². The van der Waals surface area contributed by atoms with E-state index in [1.165, 1.54) is 5.56 Å². The molecule has 0 spiro atoms. The Morgan fingerprint density at radius 3 is 2.95 bits per heavy atom. The summed E-state index contributed by atoms with van der Waals surface area (Å²) in [6, 6.07) is 6.29. The number of hydrogen-bond acceptors (Lipinski definition) is 3. The molecule has 0 aliphatic carbocycles. The van der Waals surface area contributed by atoms with E-state index < -0.39 is 5.97 Å². The van der Waals surface area contributed by atoms with Crippen LogP contribution in [0.15, 0.2) is 18.2 Å². The number of carboxylic acid groups (broad SMARTS) is 1. The number of benzene rings is 1. The molecule has 0 saturated carbocycles. The number of aryl methyl sites for hydroxylation is 1. The van der Waals surface area contributed by atoms with Crippen molar-refractivity contribution in [2.24, 2.45) is 5.92 Å². The summed E-state index contributed by atoms with van der Waals surface area (Å²) in [6.45, 7) is 5.07. The molecule has 0 bridgehead atoms. The summed E-state index contributed by atoms with van der Waals surface area (Å²) in [7, 11) is 1.69. The number of aliphatic carboxylic acids is 1. The molecular weight excluding hydrogens is 254 g/mol. The second kappa shape index (κ2) is 6.75. The highest BCUT2D eigenvalue weighted by molar-refractivity contribution is 5.66. The lowest BCUT2D eigenvalue weighted by Crippen LogP contribution is -2.20. The maximum atomic E-state index is 10.6. The molecule has 1 aliphatic heterocycles. The van der Waals surface area contributed by atoms with Gasteiger partial charge in [0.05, 0.1) is 7.11 Å². The fourth-order valence-corrected chi connectivity index (χ4v) is 2.92. The summed E-state index contributed by atoms with van der Waals surface area (Å²) < 4.78 is 5.27. The third-order valence-electron chi connectivity index (χ3n) is 4.00. The van der Waals surface area contributed by atoms with Crippen LogP contribution in [0.4, 0.5) is 0 Å². The lowest BCUT2D eigenvalue weighted by Gasteiger charge is -2.17. The van der Waals surface area contributed by atoms with Crippen molar-refractivity contribution in [3.8, 4) is 5.75 Å². The van der Waals surface area contributed by atoms with Gasteiger partial charge in [-0.1, -0.05) is 12.1 Å². The Hall–Kier alpha value is -1.55. The molecule has 1 atom stereocenters. The van der Waals surface area contributed by atoms with Crippen LogP contribution >= 0.6 is 0 Å². The van der Waals surface area contributed by atoms with Gasteiger partial charge in [0.25, 0.3) is 0 Å². The number of ether oxygens (including phenoxy) is 1. The van der Waals surface area contributed by atoms with Gasteiger partial charge in [0.15, 0.2) is 0 Å². The number of nitrogens with zero attached hydrogens (tertiary/aromatic N) is 1. The third kappa shape index (κ3) is 3.97. The monoisotopic (exact) mass is 277 g/mol. The normalized spacial score (nSPS) is 19.2. The first-order chi connectivity index (χ1) is 9.58. The van der Waals surface area contributed by atoms with E-state index in [2.05, 4.69) is 24.0 Å². The van der Waals surface area contributed by atoms with Crippen LogP contribution in [0.25, 0.3) is 0 Å². The van der Waals surface area contributed by atoms with E-state index in [9.17, 15) is 4.79 Å². The van der Waals surface area contributed by atoms with Crippen LogP contribution in [-0.4, -0.2) is 36.2 Å². The quantitative estimate of drug-likeness (QED) is 0.868. The van der Waals surface area contributed by atoms with Gasteiger partial charge in [-0.25, -0.2) is 0 Å². The molecule has 1 fully saturated rings. The molecule has 2 rings (SSSR count). The van der Waals surface area contributed by atoms with Crippen molar-refractivity contribution in [2.75, 3.05) is 20.2 Å². The number of carboxylic acids is 1. The van der Waals surface area contributed by atoms with Crippen LogP contribution in [0.5, 0.6) is 5.75 Å². The van der Waals surface area contributed by atoms with Crippen molar-refractivity contribution < 1.29 is 14.6 Å². The minimum Gasteiger partial charge on any atom is -0.496 e. The number of carbonyl (C=O) groups is 1. The van der Waals surface area contributed by atoms with E-state index >= 15 is 0 Å². The molecule has 1 unspecified atom stereocenters. The summed E-state index contributed by atoms with van der Waals surface area (Å²) in [5.41, 5.74) is 2.45. The van der Waals surface area contributed by atoms with Gasteiger partial charge in [-0.05, 0) is 49.4 Å². The molecule has 1 aromatic rings.